The van der Waals surface area contributed by atoms with Gasteiger partial charge in [-0.3, -0.25) is 0 Å². The molecule has 0 aliphatic rings. The van der Waals surface area contributed by atoms with Crippen molar-refractivity contribution in [1.82, 2.24) is 0 Å². The Labute approximate surface area is 96.9 Å². The Morgan fingerprint density at radius 3 is 2.21 bits per heavy atom. The minimum absolute atomic E-state index is 0.452. The van der Waals surface area contributed by atoms with E-state index < -0.39 is 7.38 Å². The van der Waals surface area contributed by atoms with Crippen LogP contribution in [0.3, 0.4) is 0 Å². The molecule has 0 spiro atoms. The molecule has 0 aromatic heterocycles. The molecule has 0 fully saturated rings. The molecule has 0 saturated heterocycles. The second-order valence-electron chi connectivity index (χ2n) is 4.11. The lowest BCUT2D eigenvalue weighted by Crippen LogP contribution is -2.28. The van der Waals surface area contributed by atoms with Gasteiger partial charge in [-0.05, 0) is 17.5 Å². The van der Waals surface area contributed by atoms with Gasteiger partial charge in [0, 0.05) is 5.88 Å². The van der Waals surface area contributed by atoms with Crippen LogP contribution in [-0.4, -0.2) is 13.3 Å². The molecule has 0 aliphatic heterocycles. The van der Waals surface area contributed by atoms with Crippen molar-refractivity contribution >= 4 is 30.1 Å². The van der Waals surface area contributed by atoms with Crippen molar-refractivity contribution in [2.24, 2.45) is 0 Å². The van der Waals surface area contributed by atoms with Crippen molar-refractivity contribution in [2.45, 2.75) is 25.1 Å². The van der Waals surface area contributed by atoms with Gasteiger partial charge in [-0.1, -0.05) is 43.4 Å². The molecule has 3 heteroatoms. The number of rotatable bonds is 4. The van der Waals surface area contributed by atoms with Crippen LogP contribution in [0.5, 0.6) is 0 Å². The van der Waals surface area contributed by atoms with Gasteiger partial charge in [0.1, 0.15) is 0 Å². The smallest absolute Gasteiger partial charge is 0.155 e. The molecule has 0 N–H and O–H groups in total. The SMILES string of the molecule is C[Si](C)(Cl)C(CCl)Cc1ccccc1. The van der Waals surface area contributed by atoms with Gasteiger partial charge in [-0.15, -0.1) is 11.6 Å². The maximum Gasteiger partial charge on any atom is 0.155 e. The number of hydrogen-bond acceptors (Lipinski definition) is 0. The second-order valence-corrected chi connectivity index (χ2v) is 11.3. The summed E-state index contributed by atoms with van der Waals surface area (Å²) in [7, 11) is -1.63. The average Bonchev–Trinajstić information content (AvgIpc) is 2.14. The maximum absolute atomic E-state index is 6.40. The van der Waals surface area contributed by atoms with E-state index in [4.69, 9.17) is 22.7 Å². The molecule has 0 aliphatic carbocycles. The first-order valence-corrected chi connectivity index (χ1v) is 9.45. The highest BCUT2D eigenvalue weighted by atomic mass is 35.6. The van der Waals surface area contributed by atoms with Gasteiger partial charge in [0.25, 0.3) is 0 Å². The summed E-state index contributed by atoms with van der Waals surface area (Å²) in [6.07, 6.45) is 1.01. The van der Waals surface area contributed by atoms with Gasteiger partial charge in [0.2, 0.25) is 0 Å². The number of alkyl halides is 1. The molecular formula is C11H16Cl2Si. The topological polar surface area (TPSA) is 0 Å². The highest BCUT2D eigenvalue weighted by Crippen LogP contribution is 2.30. The third-order valence-electron chi connectivity index (χ3n) is 2.48. The van der Waals surface area contributed by atoms with Crippen LogP contribution in [0.4, 0.5) is 0 Å². The van der Waals surface area contributed by atoms with Crippen molar-refractivity contribution < 1.29 is 0 Å². The van der Waals surface area contributed by atoms with Crippen LogP contribution >= 0.6 is 22.7 Å². The van der Waals surface area contributed by atoms with Crippen LogP contribution in [0.25, 0.3) is 0 Å². The van der Waals surface area contributed by atoms with Gasteiger partial charge in [-0.2, -0.15) is 11.1 Å². The number of benzene rings is 1. The standard InChI is InChI=1S/C11H16Cl2Si/c1-14(2,13)11(9-12)8-10-6-4-3-5-7-10/h3-7,11H,8-9H2,1-2H3. The van der Waals surface area contributed by atoms with E-state index in [0.29, 0.717) is 11.4 Å². The van der Waals surface area contributed by atoms with Gasteiger partial charge < -0.3 is 0 Å². The summed E-state index contributed by atoms with van der Waals surface area (Å²) in [6, 6.07) is 10.4. The largest absolute Gasteiger partial charge is 0.167 e. The van der Waals surface area contributed by atoms with Crippen LogP contribution in [-0.2, 0) is 6.42 Å². The summed E-state index contributed by atoms with van der Waals surface area (Å²) in [5.74, 6) is 0.664. The van der Waals surface area contributed by atoms with Gasteiger partial charge in [0.15, 0.2) is 7.38 Å². The Balaban J connectivity index is 2.67. The predicted octanol–water partition coefficient (Wildman–Crippen LogP) is 4.28. The maximum atomic E-state index is 6.40. The van der Waals surface area contributed by atoms with E-state index in [0.717, 1.165) is 6.42 Å². The molecule has 0 amide bonds. The van der Waals surface area contributed by atoms with Crippen molar-refractivity contribution in [2.75, 3.05) is 5.88 Å². The molecule has 1 unspecified atom stereocenters. The fourth-order valence-corrected chi connectivity index (χ4v) is 4.43. The van der Waals surface area contributed by atoms with E-state index in [1.165, 1.54) is 5.56 Å². The quantitative estimate of drug-likeness (QED) is 0.423. The van der Waals surface area contributed by atoms with Crippen LogP contribution in [0, 0.1) is 0 Å². The fourth-order valence-electron chi connectivity index (χ4n) is 1.38. The Hall–Kier alpha value is 0.0169. The van der Waals surface area contributed by atoms with Crippen LogP contribution in [0.2, 0.25) is 18.6 Å². The zero-order valence-corrected chi connectivity index (χ0v) is 11.1. The highest BCUT2D eigenvalue weighted by Gasteiger charge is 2.29. The van der Waals surface area contributed by atoms with Crippen molar-refractivity contribution in [3.05, 3.63) is 35.9 Å². The second kappa shape index (κ2) is 5.20. The van der Waals surface area contributed by atoms with Crippen LogP contribution in [0.1, 0.15) is 5.56 Å². The van der Waals surface area contributed by atoms with Crippen molar-refractivity contribution in [1.29, 1.82) is 0 Å². The zero-order valence-electron chi connectivity index (χ0n) is 8.63. The molecule has 0 bridgehead atoms. The molecule has 1 aromatic rings. The summed E-state index contributed by atoms with van der Waals surface area (Å²) in [6.45, 7) is 4.31. The minimum atomic E-state index is -1.63. The van der Waals surface area contributed by atoms with E-state index >= 15 is 0 Å². The molecule has 14 heavy (non-hydrogen) atoms. The van der Waals surface area contributed by atoms with Gasteiger partial charge in [0.05, 0.1) is 0 Å². The lowest BCUT2D eigenvalue weighted by Gasteiger charge is -2.24. The van der Waals surface area contributed by atoms with E-state index in [2.05, 4.69) is 37.4 Å². The molecule has 1 atom stereocenters. The van der Waals surface area contributed by atoms with Crippen LogP contribution in [0.15, 0.2) is 30.3 Å². The zero-order chi connectivity index (χ0) is 10.6. The summed E-state index contributed by atoms with van der Waals surface area (Å²) >= 11 is 12.4. The third kappa shape index (κ3) is 3.64. The molecular weight excluding hydrogens is 231 g/mol. The van der Waals surface area contributed by atoms with Crippen molar-refractivity contribution in [3.63, 3.8) is 0 Å². The summed E-state index contributed by atoms with van der Waals surface area (Å²) in [5, 5.41) is 0. The van der Waals surface area contributed by atoms with Gasteiger partial charge >= 0.3 is 0 Å². The summed E-state index contributed by atoms with van der Waals surface area (Å²) < 4.78 is 0. The lowest BCUT2D eigenvalue weighted by molar-refractivity contribution is 0.893. The van der Waals surface area contributed by atoms with Crippen molar-refractivity contribution in [3.8, 4) is 0 Å². The fraction of sp³-hybridized carbons (Fsp3) is 0.455. The Morgan fingerprint density at radius 1 is 1.21 bits per heavy atom. The molecule has 0 saturated carbocycles. The third-order valence-corrected chi connectivity index (χ3v) is 6.39. The molecule has 0 radical (unpaired) electrons. The summed E-state index contributed by atoms with van der Waals surface area (Å²) in [5.41, 5.74) is 1.78. The monoisotopic (exact) mass is 246 g/mol. The van der Waals surface area contributed by atoms with Crippen LogP contribution < -0.4 is 0 Å². The first-order valence-electron chi connectivity index (χ1n) is 4.83. The first-order chi connectivity index (χ1) is 6.54. The molecule has 0 nitrogen and oxygen atoms in total. The molecule has 78 valence electrons. The highest BCUT2D eigenvalue weighted by molar-refractivity contribution is 7.20. The Morgan fingerprint density at radius 2 is 1.79 bits per heavy atom. The predicted molar refractivity (Wildman–Crippen MR) is 68.0 cm³/mol. The lowest BCUT2D eigenvalue weighted by atomic mass is 10.1. The number of hydrogen-bond donors (Lipinski definition) is 0. The normalized spacial score (nSPS) is 14.0. The first kappa shape index (κ1) is 12.1. The number of halogens is 2. The van der Waals surface area contributed by atoms with E-state index in [9.17, 15) is 0 Å². The average molecular weight is 247 g/mol. The molecule has 1 rings (SSSR count). The minimum Gasteiger partial charge on any atom is -0.167 e. The Kier molecular flexibility index (Phi) is 4.49. The van der Waals surface area contributed by atoms with E-state index in [-0.39, 0.29) is 0 Å². The summed E-state index contributed by atoms with van der Waals surface area (Å²) in [4.78, 5) is 0. The van der Waals surface area contributed by atoms with E-state index in [1.807, 2.05) is 6.07 Å². The van der Waals surface area contributed by atoms with E-state index in [1.54, 1.807) is 0 Å². The Bertz CT molecular complexity index is 266. The molecule has 0 heterocycles. The molecule has 1 aromatic carbocycles. The van der Waals surface area contributed by atoms with Gasteiger partial charge in [-0.25, -0.2) is 0 Å².